The molecule has 242 valence electrons. The Kier molecular flexibility index (Phi) is 8.15. The Morgan fingerprint density at radius 2 is 0.851 bits per heavy atom. The lowest BCUT2D eigenvalue weighted by Crippen LogP contribution is -2.37. The summed E-state index contributed by atoms with van der Waals surface area (Å²) in [5.74, 6) is 0. The predicted octanol–water partition coefficient (Wildman–Crippen LogP) is 8.96. The van der Waals surface area contributed by atoms with Crippen LogP contribution in [0.4, 0.5) is 0 Å². The molecule has 3 aromatic heterocycles. The third-order valence-corrected chi connectivity index (χ3v) is 17.0. The van der Waals surface area contributed by atoms with Crippen LogP contribution in [0.1, 0.15) is 11.1 Å². The highest BCUT2D eigenvalue weighted by molar-refractivity contribution is 7.16. The summed E-state index contributed by atoms with van der Waals surface area (Å²) in [6.45, 7) is 24.4. The molecule has 0 saturated heterocycles. The zero-order valence-electron chi connectivity index (χ0n) is 29.7. The van der Waals surface area contributed by atoms with Crippen LogP contribution in [0.25, 0.3) is 53.9 Å². The van der Waals surface area contributed by atoms with Crippen molar-refractivity contribution in [2.75, 3.05) is 0 Å². The summed E-state index contributed by atoms with van der Waals surface area (Å²) in [5.41, 5.74) is 7.78. The Balaban J connectivity index is 1.45. The second-order valence-corrected chi connectivity index (χ2v) is 33.9. The fraction of sp³-hybridized carbons (Fsp3) is 0.316. The molecule has 0 saturated carbocycles. The molecule has 3 heterocycles. The lowest BCUT2D eigenvalue weighted by atomic mass is 10.1. The maximum absolute atomic E-state index is 4.92. The first-order valence-electron chi connectivity index (χ1n) is 17.2. The van der Waals surface area contributed by atoms with Crippen molar-refractivity contribution in [1.82, 2.24) is 19.3 Å². The summed E-state index contributed by atoms with van der Waals surface area (Å²) in [6, 6.07) is 31.0. The van der Waals surface area contributed by atoms with Gasteiger partial charge in [0.25, 0.3) is 0 Å². The van der Waals surface area contributed by atoms with E-state index in [0.29, 0.717) is 0 Å². The summed E-state index contributed by atoms with van der Waals surface area (Å²) in [7, 11) is -4.46. The van der Waals surface area contributed by atoms with Gasteiger partial charge in [0.2, 0.25) is 10.3 Å². The van der Waals surface area contributed by atoms with E-state index < -0.39 is 33.7 Å². The van der Waals surface area contributed by atoms with Crippen molar-refractivity contribution in [2.45, 2.75) is 77.6 Å². The maximum atomic E-state index is 4.92. The Morgan fingerprint density at radius 1 is 0.511 bits per heavy atom. The molecule has 7 aromatic rings. The molecular weight excluding hydrogens is 657 g/mol. The molecule has 0 radical (unpaired) electrons. The van der Waals surface area contributed by atoms with Gasteiger partial charge >= 0.3 is 0 Å². The fourth-order valence-electron chi connectivity index (χ4n) is 7.07. The van der Waals surface area contributed by atoms with Crippen LogP contribution in [-0.4, -0.2) is 53.1 Å². The van der Waals surface area contributed by atoms with Crippen LogP contribution in [0, 0.1) is 0 Å². The minimum atomic E-state index is -1.49. The minimum absolute atomic E-state index is 0.739. The number of hydrogen-bond acceptors (Lipinski definition) is 3. The highest BCUT2D eigenvalue weighted by Crippen LogP contribution is 2.37. The molecule has 0 N–H and O–H groups in total. The molecular formula is C38H48N4SSi4. The summed E-state index contributed by atoms with van der Waals surface area (Å²) < 4.78 is 4.72. The van der Waals surface area contributed by atoms with Gasteiger partial charge < -0.3 is 0 Å². The van der Waals surface area contributed by atoms with E-state index in [2.05, 4.69) is 147 Å². The van der Waals surface area contributed by atoms with Crippen LogP contribution in [-0.2, 0) is 12.1 Å². The zero-order valence-corrected chi connectivity index (χ0v) is 34.8. The van der Waals surface area contributed by atoms with Crippen LogP contribution in [0.5, 0.6) is 0 Å². The van der Waals surface area contributed by atoms with Crippen molar-refractivity contribution in [3.8, 4) is 10.3 Å². The Hall–Kier alpha value is -3.09. The van der Waals surface area contributed by atoms with E-state index in [0.717, 1.165) is 10.3 Å². The molecule has 47 heavy (non-hydrogen) atoms. The summed E-state index contributed by atoms with van der Waals surface area (Å²) in [4.78, 5) is 0. The lowest BCUT2D eigenvalue weighted by Gasteiger charge is -2.16. The normalized spacial score (nSPS) is 13.0. The second kappa shape index (κ2) is 11.8. The van der Waals surface area contributed by atoms with E-state index in [4.69, 9.17) is 10.2 Å². The van der Waals surface area contributed by atoms with Gasteiger partial charge in [-0.1, -0.05) is 135 Å². The van der Waals surface area contributed by atoms with Gasteiger partial charge in [-0.25, -0.2) is 0 Å². The second-order valence-electron chi connectivity index (χ2n) is 16.4. The first-order chi connectivity index (χ1) is 22.2. The molecule has 4 nitrogen and oxygen atoms in total. The summed E-state index contributed by atoms with van der Waals surface area (Å²) in [6.07, 6.45) is 0. The van der Waals surface area contributed by atoms with Crippen molar-refractivity contribution in [2.24, 2.45) is 0 Å². The number of rotatable bonds is 8. The fourth-order valence-corrected chi connectivity index (χ4v) is 12.7. The number of benzene rings is 4. The molecule has 9 heteroatoms. The average molecular weight is 705 g/mol. The minimum Gasteiger partial charge on any atom is -0.284 e. The van der Waals surface area contributed by atoms with E-state index in [1.54, 1.807) is 11.3 Å². The molecule has 0 aliphatic rings. The van der Waals surface area contributed by atoms with E-state index in [1.165, 1.54) is 77.2 Å². The van der Waals surface area contributed by atoms with Gasteiger partial charge in [0.15, 0.2) is 0 Å². The first kappa shape index (κ1) is 32.5. The topological polar surface area (TPSA) is 35.6 Å². The third-order valence-electron chi connectivity index (χ3n) is 9.47. The van der Waals surface area contributed by atoms with Crippen molar-refractivity contribution in [3.05, 3.63) is 83.9 Å². The molecule has 4 aromatic carbocycles. The number of fused-ring (bicyclic) bond motifs is 6. The van der Waals surface area contributed by atoms with E-state index in [1.807, 2.05) is 0 Å². The van der Waals surface area contributed by atoms with Gasteiger partial charge in [-0.05, 0) is 48.5 Å². The van der Waals surface area contributed by atoms with Gasteiger partial charge in [-0.15, -0.1) is 10.2 Å². The quantitative estimate of drug-likeness (QED) is 0.148. The number of aromatic nitrogens is 4. The van der Waals surface area contributed by atoms with Gasteiger partial charge in [-0.2, -0.15) is 0 Å². The van der Waals surface area contributed by atoms with Crippen LogP contribution in [0.3, 0.4) is 0 Å². The highest BCUT2D eigenvalue weighted by Gasteiger charge is 2.24. The van der Waals surface area contributed by atoms with Crippen molar-refractivity contribution in [1.29, 1.82) is 0 Å². The Bertz CT molecular complexity index is 2140. The molecule has 0 fully saturated rings. The number of hydrogen-bond donors (Lipinski definition) is 0. The smallest absolute Gasteiger partial charge is 0.219 e. The molecule has 0 unspecified atom stereocenters. The zero-order chi connectivity index (χ0) is 33.4. The lowest BCUT2D eigenvalue weighted by molar-refractivity contribution is 0.975. The van der Waals surface area contributed by atoms with Gasteiger partial charge in [0, 0.05) is 39.1 Å². The van der Waals surface area contributed by atoms with Crippen molar-refractivity contribution >= 4 is 99.1 Å². The van der Waals surface area contributed by atoms with Crippen molar-refractivity contribution < 1.29 is 0 Å². The van der Waals surface area contributed by atoms with Crippen LogP contribution < -0.4 is 10.4 Å². The standard InChI is InChI=1S/C38H48N4SSi4/c1-44(2)23-25-11-15-33-29(19-25)31-21-27(46(5,6)7)13-17-35(31)41(33)37-39-40-38(43-37)42-34-16-12-26(24-45(3)4)20-30(34)32-22-28(47(8,9)10)14-18-36(32)42/h11-22,44-45H,23-24H2,1-10H3. The molecule has 0 aliphatic heterocycles. The van der Waals surface area contributed by atoms with Crippen LogP contribution in [0.15, 0.2) is 72.8 Å². The molecule has 0 amide bonds. The predicted molar refractivity (Wildman–Crippen MR) is 220 cm³/mol. The van der Waals surface area contributed by atoms with E-state index >= 15 is 0 Å². The maximum Gasteiger partial charge on any atom is 0.219 e. The average Bonchev–Trinajstić information content (AvgIpc) is 3.67. The molecule has 0 bridgehead atoms. The van der Waals surface area contributed by atoms with Crippen molar-refractivity contribution in [3.63, 3.8) is 0 Å². The largest absolute Gasteiger partial charge is 0.284 e. The third kappa shape index (κ3) is 5.94. The summed E-state index contributed by atoms with van der Waals surface area (Å²) in [5, 5.41) is 20.0. The molecule has 0 spiro atoms. The van der Waals surface area contributed by atoms with Gasteiger partial charge in [0.1, 0.15) is 0 Å². The van der Waals surface area contributed by atoms with Crippen LogP contribution >= 0.6 is 11.3 Å². The molecule has 0 atom stereocenters. The number of nitrogens with zero attached hydrogens (tertiary/aromatic N) is 4. The SMILES string of the molecule is C[SiH](C)Cc1ccc2c(c1)c1cc([Si](C)(C)C)ccc1n2-c1nnc(-n2c3ccc(C[SiH](C)C)cc3c3cc([Si](C)(C)C)ccc32)s1. The van der Waals surface area contributed by atoms with Crippen LogP contribution in [0.2, 0.25) is 65.5 Å². The highest BCUT2D eigenvalue weighted by atomic mass is 32.1. The molecule has 7 rings (SSSR count). The Morgan fingerprint density at radius 3 is 1.19 bits per heavy atom. The molecule has 0 aliphatic carbocycles. The summed E-state index contributed by atoms with van der Waals surface area (Å²) >= 11 is 1.69. The first-order valence-corrected chi connectivity index (χ1v) is 31.3. The van der Waals surface area contributed by atoms with E-state index in [-0.39, 0.29) is 0 Å². The van der Waals surface area contributed by atoms with Gasteiger partial charge in [-0.3, -0.25) is 9.13 Å². The van der Waals surface area contributed by atoms with E-state index in [9.17, 15) is 0 Å². The Labute approximate surface area is 288 Å². The monoisotopic (exact) mass is 704 g/mol. The van der Waals surface area contributed by atoms with Gasteiger partial charge in [0.05, 0.1) is 38.2 Å².